The average Bonchev–Trinajstić information content (AvgIpc) is 3.15. The van der Waals surface area contributed by atoms with E-state index in [1.54, 1.807) is 6.20 Å². The van der Waals surface area contributed by atoms with Gasteiger partial charge in [-0.3, -0.25) is 19.3 Å². The molecule has 2 aromatic rings. The largest absolute Gasteiger partial charge is 0.506 e. The highest BCUT2D eigenvalue weighted by molar-refractivity contribution is 6.13. The van der Waals surface area contributed by atoms with Crippen molar-refractivity contribution in [3.8, 4) is 0 Å². The van der Waals surface area contributed by atoms with E-state index in [2.05, 4.69) is 4.98 Å². The van der Waals surface area contributed by atoms with Crippen molar-refractivity contribution in [1.29, 1.82) is 5.39 Å². The summed E-state index contributed by atoms with van der Waals surface area (Å²) in [7, 11) is 1.84. The third-order valence-corrected chi connectivity index (χ3v) is 5.99. The summed E-state index contributed by atoms with van der Waals surface area (Å²) in [5, 5.41) is 21.2. The van der Waals surface area contributed by atoms with Gasteiger partial charge >= 0.3 is 17.6 Å². The van der Waals surface area contributed by atoms with E-state index in [0.29, 0.717) is 5.56 Å². The minimum Gasteiger partial charge on any atom is -0.504 e. The van der Waals surface area contributed by atoms with E-state index in [4.69, 9.17) is 9.47 Å². The van der Waals surface area contributed by atoms with Crippen molar-refractivity contribution >= 4 is 34.7 Å². The fourth-order valence-corrected chi connectivity index (χ4v) is 4.35. The SMILES string of the molecule is CCOC(=O)/C([N+]#N)=C(\O)C1(C(=O)OCC)CCCN(C(=O)Cc2cn(C)c3ccccc23)C1=O. The molecule has 1 aromatic heterocycles. The number of hydrogen-bond acceptors (Lipinski definition) is 8. The van der Waals surface area contributed by atoms with Crippen LogP contribution in [0.2, 0.25) is 0 Å². The van der Waals surface area contributed by atoms with E-state index >= 15 is 0 Å². The molecule has 11 nitrogen and oxygen atoms in total. The van der Waals surface area contributed by atoms with Gasteiger partial charge in [-0.05, 0) is 38.3 Å². The number of diazo groups is 1. The third-order valence-electron chi connectivity index (χ3n) is 5.99. The lowest BCUT2D eigenvalue weighted by atomic mass is 9.76. The normalized spacial score (nSPS) is 18.6. The summed E-state index contributed by atoms with van der Waals surface area (Å²) in [4.78, 5) is 55.8. The van der Waals surface area contributed by atoms with Crippen LogP contribution in [0.1, 0.15) is 32.3 Å². The molecule has 2 amide bonds. The molecule has 1 aromatic carbocycles. The van der Waals surface area contributed by atoms with E-state index < -0.39 is 40.6 Å². The predicted octanol–water partition coefficient (Wildman–Crippen LogP) is 2.61. The van der Waals surface area contributed by atoms with Gasteiger partial charge in [0.25, 0.3) is 5.91 Å². The Kier molecular flexibility index (Phi) is 7.54. The average molecular weight is 484 g/mol. The van der Waals surface area contributed by atoms with Crippen molar-refractivity contribution in [2.24, 2.45) is 12.5 Å². The highest BCUT2D eigenvalue weighted by atomic mass is 16.5. The van der Waals surface area contributed by atoms with Gasteiger partial charge in [-0.15, -0.1) is 0 Å². The Hall–Kier alpha value is -4.20. The molecule has 1 aliphatic rings. The van der Waals surface area contributed by atoms with E-state index in [0.717, 1.165) is 15.8 Å². The molecule has 2 heterocycles. The molecule has 0 radical (unpaired) electrons. The van der Waals surface area contributed by atoms with Crippen LogP contribution in [-0.2, 0) is 42.1 Å². The minimum atomic E-state index is -2.43. The van der Waals surface area contributed by atoms with Gasteiger partial charge in [-0.2, -0.15) is 0 Å². The summed E-state index contributed by atoms with van der Waals surface area (Å²) in [6.45, 7) is 2.76. The van der Waals surface area contributed by atoms with E-state index in [-0.39, 0.29) is 39.0 Å². The molecule has 1 N–H and O–H groups in total. The number of fused-ring (bicyclic) bond motifs is 1. The highest BCUT2D eigenvalue weighted by Crippen LogP contribution is 2.41. The molecule has 0 aliphatic carbocycles. The quantitative estimate of drug-likeness (QED) is 0.208. The maximum absolute atomic E-state index is 13.6. The van der Waals surface area contributed by atoms with Crippen LogP contribution >= 0.6 is 0 Å². The molecular weight excluding hydrogens is 456 g/mol. The van der Waals surface area contributed by atoms with Crippen LogP contribution in [0, 0.1) is 10.8 Å². The van der Waals surface area contributed by atoms with Gasteiger partial charge in [0.1, 0.15) is 0 Å². The van der Waals surface area contributed by atoms with Crippen LogP contribution in [-0.4, -0.2) is 58.1 Å². The number of carbonyl (C=O) groups is 4. The molecule has 1 unspecified atom stereocenters. The molecule has 1 atom stereocenters. The standard InChI is InChI=1S/C24H26N4O7/c1-4-34-21(31)19(26-25)20(30)24(23(33)35-5-2)11-8-12-28(22(24)32)18(29)13-15-14-27(3)17-10-7-6-9-16(15)17/h6-7,9-10,14H,4-5,8,11-13H2,1-3H3/p+1. The van der Waals surface area contributed by atoms with Gasteiger partial charge in [-0.25, -0.2) is 4.79 Å². The number of aliphatic hydroxyl groups excluding tert-OH is 1. The molecule has 0 bridgehead atoms. The number of amides is 2. The number of aromatic nitrogens is 1. The second-order valence-electron chi connectivity index (χ2n) is 8.06. The molecule has 11 heteroatoms. The van der Waals surface area contributed by atoms with Gasteiger partial charge < -0.3 is 19.1 Å². The fourth-order valence-electron chi connectivity index (χ4n) is 4.35. The third kappa shape index (κ3) is 4.47. The highest BCUT2D eigenvalue weighted by Gasteiger charge is 2.60. The maximum Gasteiger partial charge on any atom is 0.506 e. The van der Waals surface area contributed by atoms with Crippen LogP contribution in [0.3, 0.4) is 0 Å². The van der Waals surface area contributed by atoms with Crippen molar-refractivity contribution in [3.63, 3.8) is 0 Å². The van der Waals surface area contributed by atoms with Gasteiger partial charge in [0.05, 0.1) is 19.6 Å². The Morgan fingerprint density at radius 1 is 1.17 bits per heavy atom. The zero-order valence-electron chi connectivity index (χ0n) is 19.8. The van der Waals surface area contributed by atoms with Crippen molar-refractivity contribution in [2.45, 2.75) is 33.1 Å². The summed E-state index contributed by atoms with van der Waals surface area (Å²) in [5.41, 5.74) is -1.84. The Morgan fingerprint density at radius 3 is 2.51 bits per heavy atom. The topological polar surface area (TPSA) is 143 Å². The van der Waals surface area contributed by atoms with Crippen LogP contribution < -0.4 is 0 Å². The fraction of sp³-hybridized carbons (Fsp3) is 0.417. The zero-order chi connectivity index (χ0) is 25.8. The summed E-state index contributed by atoms with van der Waals surface area (Å²) in [6, 6.07) is 7.48. The van der Waals surface area contributed by atoms with Gasteiger partial charge in [0, 0.05) is 30.7 Å². The number of para-hydroxylation sites is 1. The van der Waals surface area contributed by atoms with E-state index in [9.17, 15) is 29.7 Å². The number of esters is 2. The first-order valence-corrected chi connectivity index (χ1v) is 11.2. The molecule has 0 spiro atoms. The number of aryl methyl sites for hydroxylation is 1. The number of hydrogen-bond donors (Lipinski definition) is 1. The lowest BCUT2D eigenvalue weighted by Crippen LogP contribution is -2.56. The molecule has 184 valence electrons. The Labute approximate surface area is 201 Å². The van der Waals surface area contributed by atoms with Crippen molar-refractivity contribution in [2.75, 3.05) is 19.8 Å². The summed E-state index contributed by atoms with van der Waals surface area (Å²) >= 11 is 0. The van der Waals surface area contributed by atoms with Gasteiger partial charge in [-0.1, -0.05) is 18.2 Å². The molecule has 1 saturated heterocycles. The van der Waals surface area contributed by atoms with Gasteiger partial charge in [0.2, 0.25) is 22.5 Å². The van der Waals surface area contributed by atoms with Crippen molar-refractivity contribution < 1.29 is 33.8 Å². The summed E-state index contributed by atoms with van der Waals surface area (Å²) in [6.07, 6.45) is 1.53. The number of piperidine rings is 1. The van der Waals surface area contributed by atoms with E-state index in [1.807, 2.05) is 35.9 Å². The van der Waals surface area contributed by atoms with E-state index in [1.165, 1.54) is 13.8 Å². The first-order chi connectivity index (χ1) is 16.7. The number of imide groups is 1. The zero-order valence-corrected chi connectivity index (χ0v) is 19.8. The first-order valence-electron chi connectivity index (χ1n) is 11.2. The molecule has 35 heavy (non-hydrogen) atoms. The molecular formula is C24H27N4O7+. The molecule has 1 aliphatic heterocycles. The monoisotopic (exact) mass is 483 g/mol. The first kappa shape index (κ1) is 25.4. The number of likely N-dealkylation sites (tertiary alicyclic amines) is 1. The minimum absolute atomic E-state index is 0.00186. The maximum atomic E-state index is 13.6. The number of aliphatic hydroxyl groups is 1. The van der Waals surface area contributed by atoms with Crippen LogP contribution in [0.15, 0.2) is 41.9 Å². The number of rotatable bonds is 7. The molecule has 1 fully saturated rings. The Morgan fingerprint density at radius 2 is 1.86 bits per heavy atom. The Balaban J connectivity index is 2.03. The summed E-state index contributed by atoms with van der Waals surface area (Å²) in [5.74, 6) is -5.16. The lowest BCUT2D eigenvalue weighted by Gasteiger charge is -2.37. The van der Waals surface area contributed by atoms with Crippen molar-refractivity contribution in [3.05, 3.63) is 52.5 Å². The second kappa shape index (κ2) is 10.4. The molecule has 0 saturated carbocycles. The smallest absolute Gasteiger partial charge is 0.504 e. The van der Waals surface area contributed by atoms with Crippen LogP contribution in [0.25, 0.3) is 15.9 Å². The number of carbonyl (C=O) groups excluding carboxylic acids is 4. The predicted molar refractivity (Wildman–Crippen MR) is 123 cm³/mol. The number of nitrogens with zero attached hydrogens (tertiary/aromatic N) is 4. The summed E-state index contributed by atoms with van der Waals surface area (Å²) < 4.78 is 11.7. The number of benzene rings is 1. The lowest BCUT2D eigenvalue weighted by molar-refractivity contribution is -0.169. The van der Waals surface area contributed by atoms with Crippen LogP contribution in [0.5, 0.6) is 0 Å². The van der Waals surface area contributed by atoms with Crippen LogP contribution in [0.4, 0.5) is 0 Å². The van der Waals surface area contributed by atoms with Gasteiger partial charge in [0.15, 0.2) is 4.98 Å². The Bertz CT molecular complexity index is 1260. The number of ether oxygens (including phenoxy) is 2. The second-order valence-corrected chi connectivity index (χ2v) is 8.06. The van der Waals surface area contributed by atoms with Crippen molar-refractivity contribution in [1.82, 2.24) is 9.47 Å². The molecule has 3 rings (SSSR count).